The third-order valence-corrected chi connectivity index (χ3v) is 3.51. The monoisotopic (exact) mass is 290 g/mol. The minimum atomic E-state index is -0.933. The Bertz CT molecular complexity index is 553. The normalized spacial score (nSPS) is 14.3. The fraction of sp³-hybridized carbons (Fsp3) is 0.400. The number of carboxylic acid groups (broad SMARTS) is 1. The maximum atomic E-state index is 12.1. The van der Waals surface area contributed by atoms with Crippen LogP contribution in [0.4, 0.5) is 5.69 Å². The first-order valence-electron chi connectivity index (χ1n) is 6.86. The molecule has 1 aliphatic heterocycles. The van der Waals surface area contributed by atoms with E-state index in [0.717, 1.165) is 12.1 Å². The van der Waals surface area contributed by atoms with E-state index in [1.807, 2.05) is 0 Å². The van der Waals surface area contributed by atoms with Gasteiger partial charge in [0.05, 0.1) is 6.42 Å². The van der Waals surface area contributed by atoms with Gasteiger partial charge in [-0.15, -0.1) is 0 Å². The molecule has 1 aromatic carbocycles. The lowest BCUT2D eigenvalue weighted by Crippen LogP contribution is -2.29. The first-order valence-corrected chi connectivity index (χ1v) is 6.86. The molecule has 6 nitrogen and oxygen atoms in total. The molecule has 6 heteroatoms. The number of carboxylic acids is 1. The molecule has 1 heterocycles. The van der Waals surface area contributed by atoms with Gasteiger partial charge in [-0.05, 0) is 30.7 Å². The number of aliphatic carboxylic acids is 1. The van der Waals surface area contributed by atoms with Gasteiger partial charge < -0.3 is 14.9 Å². The maximum Gasteiger partial charge on any atom is 0.305 e. The number of hydrogen-bond acceptors (Lipinski definition) is 3. The number of rotatable bonds is 5. The summed E-state index contributed by atoms with van der Waals surface area (Å²) in [7, 11) is 1.57. The van der Waals surface area contributed by atoms with Crippen LogP contribution in [0.3, 0.4) is 0 Å². The molecule has 0 spiro atoms. The molecule has 0 bridgehead atoms. The molecule has 0 aliphatic carbocycles. The van der Waals surface area contributed by atoms with Crippen molar-refractivity contribution in [2.24, 2.45) is 0 Å². The molecule has 1 aliphatic rings. The Balaban J connectivity index is 2.02. The maximum absolute atomic E-state index is 12.1. The average molecular weight is 290 g/mol. The van der Waals surface area contributed by atoms with Crippen LogP contribution in [0.1, 0.15) is 29.6 Å². The number of hydrogen-bond donors (Lipinski definition) is 1. The Labute approximate surface area is 123 Å². The summed E-state index contributed by atoms with van der Waals surface area (Å²) >= 11 is 0. The van der Waals surface area contributed by atoms with Gasteiger partial charge in [-0.1, -0.05) is 0 Å². The van der Waals surface area contributed by atoms with E-state index in [1.165, 1.54) is 4.90 Å². The van der Waals surface area contributed by atoms with Gasteiger partial charge in [0.25, 0.3) is 5.91 Å². The number of benzene rings is 1. The van der Waals surface area contributed by atoms with Crippen molar-refractivity contribution >= 4 is 23.5 Å². The molecular formula is C15H18N2O4. The zero-order valence-electron chi connectivity index (χ0n) is 11.9. The van der Waals surface area contributed by atoms with Crippen molar-refractivity contribution in [1.82, 2.24) is 4.90 Å². The summed E-state index contributed by atoms with van der Waals surface area (Å²) in [5.74, 6) is -1.05. The summed E-state index contributed by atoms with van der Waals surface area (Å²) in [6.45, 7) is 0.880. The molecule has 1 fully saturated rings. The first kappa shape index (κ1) is 15.0. The zero-order valence-corrected chi connectivity index (χ0v) is 11.9. The lowest BCUT2D eigenvalue weighted by atomic mass is 10.1. The lowest BCUT2D eigenvalue weighted by Gasteiger charge is -2.18. The molecule has 21 heavy (non-hydrogen) atoms. The minimum absolute atomic E-state index is 0.0808. The van der Waals surface area contributed by atoms with Crippen LogP contribution < -0.4 is 4.90 Å². The van der Waals surface area contributed by atoms with E-state index in [-0.39, 0.29) is 24.8 Å². The highest BCUT2D eigenvalue weighted by atomic mass is 16.4. The molecule has 0 radical (unpaired) electrons. The zero-order chi connectivity index (χ0) is 15.4. The van der Waals surface area contributed by atoms with Gasteiger partial charge in [0.15, 0.2) is 0 Å². The second-order valence-corrected chi connectivity index (χ2v) is 5.07. The number of nitrogens with zero attached hydrogens (tertiary/aromatic N) is 2. The molecule has 0 atom stereocenters. The number of carbonyl (C=O) groups is 3. The summed E-state index contributed by atoms with van der Waals surface area (Å²) in [5.41, 5.74) is 1.28. The predicted octanol–water partition coefficient (Wildman–Crippen LogP) is 1.36. The van der Waals surface area contributed by atoms with Crippen LogP contribution in [0.5, 0.6) is 0 Å². The van der Waals surface area contributed by atoms with Crippen LogP contribution in [0.25, 0.3) is 0 Å². The van der Waals surface area contributed by atoms with Crippen LogP contribution >= 0.6 is 0 Å². The Morgan fingerprint density at radius 1 is 1.29 bits per heavy atom. The number of amides is 2. The third-order valence-electron chi connectivity index (χ3n) is 3.51. The van der Waals surface area contributed by atoms with Gasteiger partial charge in [-0.3, -0.25) is 14.4 Å². The molecule has 2 amide bonds. The Morgan fingerprint density at radius 2 is 1.95 bits per heavy atom. The van der Waals surface area contributed by atoms with Crippen molar-refractivity contribution < 1.29 is 19.5 Å². The highest BCUT2D eigenvalue weighted by Crippen LogP contribution is 2.21. The molecular weight excluding hydrogens is 272 g/mol. The van der Waals surface area contributed by atoms with Gasteiger partial charge in [-0.25, -0.2) is 0 Å². The van der Waals surface area contributed by atoms with Crippen molar-refractivity contribution in [2.75, 3.05) is 25.0 Å². The predicted molar refractivity (Wildman–Crippen MR) is 77.2 cm³/mol. The fourth-order valence-electron chi connectivity index (χ4n) is 2.29. The van der Waals surface area contributed by atoms with E-state index >= 15 is 0 Å². The second kappa shape index (κ2) is 6.39. The third kappa shape index (κ3) is 3.59. The van der Waals surface area contributed by atoms with Crippen molar-refractivity contribution in [3.8, 4) is 0 Å². The SMILES string of the molecule is CN(CCC(=O)O)C(=O)c1ccc(N2CCCC2=O)cc1. The van der Waals surface area contributed by atoms with E-state index in [9.17, 15) is 14.4 Å². The van der Waals surface area contributed by atoms with Crippen LogP contribution in [0.2, 0.25) is 0 Å². The standard InChI is InChI=1S/C15H18N2O4/c1-16(10-8-14(19)20)15(21)11-4-6-12(7-5-11)17-9-2-3-13(17)18/h4-7H,2-3,8-10H2,1H3,(H,19,20). The average Bonchev–Trinajstić information content (AvgIpc) is 2.90. The Kier molecular flexibility index (Phi) is 4.57. The largest absolute Gasteiger partial charge is 0.481 e. The van der Waals surface area contributed by atoms with Gasteiger partial charge in [0, 0.05) is 37.8 Å². The van der Waals surface area contributed by atoms with E-state index < -0.39 is 5.97 Å². The van der Waals surface area contributed by atoms with E-state index in [1.54, 1.807) is 36.2 Å². The van der Waals surface area contributed by atoms with E-state index in [4.69, 9.17) is 5.11 Å². The van der Waals surface area contributed by atoms with Crippen LogP contribution in [0, 0.1) is 0 Å². The van der Waals surface area contributed by atoms with Gasteiger partial charge >= 0.3 is 5.97 Å². The molecule has 112 valence electrons. The van der Waals surface area contributed by atoms with Crippen molar-refractivity contribution in [3.05, 3.63) is 29.8 Å². The highest BCUT2D eigenvalue weighted by molar-refractivity contribution is 5.97. The Morgan fingerprint density at radius 3 is 2.48 bits per heavy atom. The van der Waals surface area contributed by atoms with Gasteiger partial charge in [0.2, 0.25) is 5.91 Å². The summed E-state index contributed by atoms with van der Waals surface area (Å²) in [5, 5.41) is 8.62. The van der Waals surface area contributed by atoms with Gasteiger partial charge in [-0.2, -0.15) is 0 Å². The molecule has 2 rings (SSSR count). The van der Waals surface area contributed by atoms with Crippen LogP contribution in [0.15, 0.2) is 24.3 Å². The fourth-order valence-corrected chi connectivity index (χ4v) is 2.29. The van der Waals surface area contributed by atoms with Crippen molar-refractivity contribution in [2.45, 2.75) is 19.3 Å². The van der Waals surface area contributed by atoms with Crippen LogP contribution in [-0.4, -0.2) is 47.9 Å². The van der Waals surface area contributed by atoms with Crippen molar-refractivity contribution in [3.63, 3.8) is 0 Å². The quantitative estimate of drug-likeness (QED) is 0.888. The molecule has 0 aromatic heterocycles. The minimum Gasteiger partial charge on any atom is -0.481 e. The number of carbonyl (C=O) groups excluding carboxylic acids is 2. The van der Waals surface area contributed by atoms with Crippen LogP contribution in [-0.2, 0) is 9.59 Å². The molecule has 1 saturated heterocycles. The summed E-state index contributed by atoms with van der Waals surface area (Å²) in [4.78, 5) is 37.4. The van der Waals surface area contributed by atoms with E-state index in [0.29, 0.717) is 18.5 Å². The van der Waals surface area contributed by atoms with Gasteiger partial charge in [0.1, 0.15) is 0 Å². The first-order chi connectivity index (χ1) is 9.99. The summed E-state index contributed by atoms with van der Waals surface area (Å²) < 4.78 is 0. The second-order valence-electron chi connectivity index (χ2n) is 5.07. The molecule has 0 unspecified atom stereocenters. The smallest absolute Gasteiger partial charge is 0.305 e. The topological polar surface area (TPSA) is 77.9 Å². The molecule has 1 aromatic rings. The number of anilines is 1. The summed E-state index contributed by atoms with van der Waals surface area (Å²) in [6.07, 6.45) is 1.35. The van der Waals surface area contributed by atoms with Crippen molar-refractivity contribution in [1.29, 1.82) is 0 Å². The summed E-state index contributed by atoms with van der Waals surface area (Å²) in [6, 6.07) is 6.84. The lowest BCUT2D eigenvalue weighted by molar-refractivity contribution is -0.137. The Hall–Kier alpha value is -2.37. The van der Waals surface area contributed by atoms with E-state index in [2.05, 4.69) is 0 Å². The molecule has 0 saturated carbocycles. The highest BCUT2D eigenvalue weighted by Gasteiger charge is 2.22. The molecule has 1 N–H and O–H groups in total.